The SMILES string of the molecule is CC(C)(C)C(=O)NCCSSCCC(=O)O. The number of aliphatic carboxylic acids is 1. The van der Waals surface area contributed by atoms with Gasteiger partial charge in [-0.1, -0.05) is 42.4 Å². The lowest BCUT2D eigenvalue weighted by atomic mass is 9.96. The lowest BCUT2D eigenvalue weighted by Gasteiger charge is -2.17. The van der Waals surface area contributed by atoms with Gasteiger partial charge < -0.3 is 10.4 Å². The van der Waals surface area contributed by atoms with Crippen LogP contribution in [-0.4, -0.2) is 35.0 Å². The number of nitrogens with one attached hydrogen (secondary N) is 1. The van der Waals surface area contributed by atoms with Crippen molar-refractivity contribution in [2.75, 3.05) is 18.1 Å². The van der Waals surface area contributed by atoms with Gasteiger partial charge in [-0.2, -0.15) is 0 Å². The maximum Gasteiger partial charge on any atom is 0.304 e. The Balaban J connectivity index is 3.34. The van der Waals surface area contributed by atoms with Crippen LogP contribution in [0.3, 0.4) is 0 Å². The van der Waals surface area contributed by atoms with E-state index < -0.39 is 5.97 Å². The Bertz CT molecular complexity index is 239. The van der Waals surface area contributed by atoms with Gasteiger partial charge in [0.2, 0.25) is 5.91 Å². The summed E-state index contributed by atoms with van der Waals surface area (Å²) >= 11 is 0. The summed E-state index contributed by atoms with van der Waals surface area (Å²) < 4.78 is 0. The first-order valence-electron chi connectivity index (χ1n) is 5.08. The van der Waals surface area contributed by atoms with Crippen LogP contribution in [0.2, 0.25) is 0 Å². The fourth-order valence-electron chi connectivity index (χ4n) is 0.718. The summed E-state index contributed by atoms with van der Waals surface area (Å²) in [6, 6.07) is 0. The van der Waals surface area contributed by atoms with Crippen molar-refractivity contribution in [1.82, 2.24) is 5.32 Å². The standard InChI is InChI=1S/C10H19NO3S2/c1-10(2,3)9(14)11-5-7-16-15-6-4-8(12)13/h4-7H2,1-3H3,(H,11,14)(H,12,13). The Labute approximate surface area is 104 Å². The van der Waals surface area contributed by atoms with E-state index in [1.165, 1.54) is 10.8 Å². The highest BCUT2D eigenvalue weighted by molar-refractivity contribution is 8.76. The van der Waals surface area contributed by atoms with Crippen LogP contribution in [0, 0.1) is 5.41 Å². The van der Waals surface area contributed by atoms with E-state index in [4.69, 9.17) is 5.11 Å². The van der Waals surface area contributed by atoms with E-state index in [1.807, 2.05) is 20.8 Å². The molecule has 0 rings (SSSR count). The van der Waals surface area contributed by atoms with Crippen molar-refractivity contribution in [2.45, 2.75) is 27.2 Å². The van der Waals surface area contributed by atoms with Gasteiger partial charge in [-0.25, -0.2) is 0 Å². The van der Waals surface area contributed by atoms with Crippen LogP contribution in [0.15, 0.2) is 0 Å². The first-order valence-corrected chi connectivity index (χ1v) is 7.57. The molecular weight excluding hydrogens is 246 g/mol. The molecule has 16 heavy (non-hydrogen) atoms. The van der Waals surface area contributed by atoms with E-state index in [0.717, 1.165) is 5.75 Å². The molecule has 0 aliphatic rings. The van der Waals surface area contributed by atoms with E-state index in [2.05, 4.69) is 5.32 Å². The van der Waals surface area contributed by atoms with Crippen molar-refractivity contribution < 1.29 is 14.7 Å². The Kier molecular flexibility index (Phi) is 7.66. The summed E-state index contributed by atoms with van der Waals surface area (Å²) in [4.78, 5) is 21.6. The molecular formula is C10H19NO3S2. The zero-order valence-electron chi connectivity index (χ0n) is 9.91. The highest BCUT2D eigenvalue weighted by atomic mass is 33.1. The van der Waals surface area contributed by atoms with Gasteiger partial charge in [-0.05, 0) is 0 Å². The van der Waals surface area contributed by atoms with Crippen LogP contribution in [0.1, 0.15) is 27.2 Å². The van der Waals surface area contributed by atoms with Gasteiger partial charge in [-0.3, -0.25) is 9.59 Å². The molecule has 0 aromatic carbocycles. The number of rotatable bonds is 7. The minimum absolute atomic E-state index is 0.0450. The van der Waals surface area contributed by atoms with E-state index in [9.17, 15) is 9.59 Å². The number of carbonyl (C=O) groups excluding carboxylic acids is 1. The molecule has 0 unspecified atom stereocenters. The molecule has 4 nitrogen and oxygen atoms in total. The predicted molar refractivity (Wildman–Crippen MR) is 69.6 cm³/mol. The van der Waals surface area contributed by atoms with Crippen molar-refractivity contribution in [2.24, 2.45) is 5.41 Å². The summed E-state index contributed by atoms with van der Waals surface area (Å²) in [7, 11) is 3.11. The second-order valence-corrected chi connectivity index (χ2v) is 7.00. The Morgan fingerprint density at radius 2 is 1.75 bits per heavy atom. The van der Waals surface area contributed by atoms with E-state index >= 15 is 0 Å². The van der Waals surface area contributed by atoms with Gasteiger partial charge in [0.15, 0.2) is 0 Å². The van der Waals surface area contributed by atoms with Crippen LogP contribution < -0.4 is 5.32 Å². The average Bonchev–Trinajstić information content (AvgIpc) is 2.14. The lowest BCUT2D eigenvalue weighted by Crippen LogP contribution is -2.35. The highest BCUT2D eigenvalue weighted by Crippen LogP contribution is 2.21. The molecule has 0 aliphatic heterocycles. The molecule has 0 saturated heterocycles. The van der Waals surface area contributed by atoms with Crippen LogP contribution in [0.4, 0.5) is 0 Å². The van der Waals surface area contributed by atoms with Crippen molar-refractivity contribution in [3.8, 4) is 0 Å². The molecule has 0 aromatic heterocycles. The van der Waals surface area contributed by atoms with Crippen LogP contribution in [0.25, 0.3) is 0 Å². The maximum absolute atomic E-state index is 11.4. The number of carbonyl (C=O) groups is 2. The second-order valence-electron chi connectivity index (χ2n) is 4.29. The molecule has 0 fully saturated rings. The summed E-state index contributed by atoms with van der Waals surface area (Å²) in [5, 5.41) is 11.2. The quantitative estimate of drug-likeness (QED) is 0.544. The molecule has 0 aliphatic carbocycles. The minimum Gasteiger partial charge on any atom is -0.481 e. The third-order valence-electron chi connectivity index (χ3n) is 1.63. The highest BCUT2D eigenvalue weighted by Gasteiger charge is 2.20. The zero-order valence-corrected chi connectivity index (χ0v) is 11.5. The van der Waals surface area contributed by atoms with Crippen LogP contribution in [-0.2, 0) is 9.59 Å². The fourth-order valence-corrected chi connectivity index (χ4v) is 2.60. The first kappa shape index (κ1) is 15.6. The Morgan fingerprint density at radius 1 is 1.19 bits per heavy atom. The lowest BCUT2D eigenvalue weighted by molar-refractivity contribution is -0.136. The second kappa shape index (κ2) is 7.84. The van der Waals surface area contributed by atoms with Gasteiger partial charge in [0, 0.05) is 23.5 Å². The zero-order chi connectivity index (χ0) is 12.6. The third-order valence-corrected chi connectivity index (χ3v) is 4.04. The molecule has 1 amide bonds. The van der Waals surface area contributed by atoms with E-state index in [1.54, 1.807) is 10.8 Å². The summed E-state index contributed by atoms with van der Waals surface area (Å²) in [5.74, 6) is 0.678. The molecule has 0 atom stereocenters. The molecule has 0 spiro atoms. The van der Waals surface area contributed by atoms with Crippen molar-refractivity contribution in [1.29, 1.82) is 0 Å². The van der Waals surface area contributed by atoms with Crippen molar-refractivity contribution >= 4 is 33.5 Å². The Hall–Kier alpha value is -0.360. The number of hydrogen-bond acceptors (Lipinski definition) is 4. The van der Waals surface area contributed by atoms with Crippen molar-refractivity contribution in [3.05, 3.63) is 0 Å². The molecule has 0 aromatic rings. The Morgan fingerprint density at radius 3 is 2.25 bits per heavy atom. The first-order chi connectivity index (χ1) is 7.34. The number of amides is 1. The average molecular weight is 265 g/mol. The minimum atomic E-state index is -0.769. The molecule has 0 heterocycles. The molecule has 0 bridgehead atoms. The predicted octanol–water partition coefficient (Wildman–Crippen LogP) is 2.00. The van der Waals surface area contributed by atoms with E-state index in [0.29, 0.717) is 12.3 Å². The topological polar surface area (TPSA) is 66.4 Å². The largest absolute Gasteiger partial charge is 0.481 e. The number of carboxylic acids is 1. The molecule has 0 radical (unpaired) electrons. The van der Waals surface area contributed by atoms with E-state index in [-0.39, 0.29) is 17.7 Å². The smallest absolute Gasteiger partial charge is 0.304 e. The monoisotopic (exact) mass is 265 g/mol. The maximum atomic E-state index is 11.4. The van der Waals surface area contributed by atoms with Crippen LogP contribution in [0.5, 0.6) is 0 Å². The fraction of sp³-hybridized carbons (Fsp3) is 0.800. The molecule has 6 heteroatoms. The van der Waals surface area contributed by atoms with Gasteiger partial charge in [0.1, 0.15) is 0 Å². The normalized spacial score (nSPS) is 11.2. The summed E-state index contributed by atoms with van der Waals surface area (Å²) in [6.45, 7) is 6.24. The summed E-state index contributed by atoms with van der Waals surface area (Å²) in [5.41, 5.74) is -0.346. The van der Waals surface area contributed by atoms with Gasteiger partial charge >= 0.3 is 5.97 Å². The molecule has 2 N–H and O–H groups in total. The number of carboxylic acid groups (broad SMARTS) is 1. The third kappa shape index (κ3) is 8.91. The summed E-state index contributed by atoms with van der Waals surface area (Å²) in [6.07, 6.45) is 0.187. The molecule has 94 valence electrons. The van der Waals surface area contributed by atoms with Gasteiger partial charge in [-0.15, -0.1) is 0 Å². The van der Waals surface area contributed by atoms with Crippen molar-refractivity contribution in [3.63, 3.8) is 0 Å². The van der Waals surface area contributed by atoms with Gasteiger partial charge in [0.25, 0.3) is 0 Å². The number of hydrogen-bond donors (Lipinski definition) is 2. The van der Waals surface area contributed by atoms with Crippen LogP contribution >= 0.6 is 21.6 Å². The van der Waals surface area contributed by atoms with Gasteiger partial charge in [0.05, 0.1) is 6.42 Å². The molecule has 0 saturated carbocycles.